The minimum Gasteiger partial charge on any atom is -0.478 e. The molecule has 0 spiro atoms. The van der Waals surface area contributed by atoms with Gasteiger partial charge in [0.1, 0.15) is 0 Å². The predicted molar refractivity (Wildman–Crippen MR) is 89.3 cm³/mol. The molecular weight excluding hydrogens is 330 g/mol. The first-order valence-corrected chi connectivity index (χ1v) is 7.37. The SMILES string of the molecule is CC(Nc1cccc(/C=C/C(=O)O)c1)c1ccc(Br)cc1. The molecule has 0 bridgehead atoms. The molecule has 0 saturated carbocycles. The fourth-order valence-electron chi connectivity index (χ4n) is 1.98. The maximum absolute atomic E-state index is 10.5. The van der Waals surface area contributed by atoms with Crippen LogP contribution in [0.25, 0.3) is 6.08 Å². The van der Waals surface area contributed by atoms with Gasteiger partial charge in [-0.25, -0.2) is 4.79 Å². The molecule has 21 heavy (non-hydrogen) atoms. The normalized spacial score (nSPS) is 12.3. The lowest BCUT2D eigenvalue weighted by molar-refractivity contribution is -0.131. The number of aliphatic carboxylic acids is 1. The Hall–Kier alpha value is -2.07. The van der Waals surface area contributed by atoms with Crippen molar-refractivity contribution in [2.24, 2.45) is 0 Å². The number of carbonyl (C=O) groups is 1. The Bertz CT molecular complexity index is 650. The summed E-state index contributed by atoms with van der Waals surface area (Å²) in [6.07, 6.45) is 2.72. The van der Waals surface area contributed by atoms with Crippen LogP contribution in [0, 0.1) is 0 Å². The quantitative estimate of drug-likeness (QED) is 0.770. The monoisotopic (exact) mass is 345 g/mol. The summed E-state index contributed by atoms with van der Waals surface area (Å²) >= 11 is 3.42. The van der Waals surface area contributed by atoms with Gasteiger partial charge in [-0.15, -0.1) is 0 Å². The van der Waals surface area contributed by atoms with Crippen LogP contribution in [-0.2, 0) is 4.79 Å². The van der Waals surface area contributed by atoms with E-state index in [2.05, 4.69) is 40.3 Å². The van der Waals surface area contributed by atoms with Crippen molar-refractivity contribution in [3.8, 4) is 0 Å². The van der Waals surface area contributed by atoms with Crippen LogP contribution in [0.2, 0.25) is 0 Å². The molecule has 0 heterocycles. The van der Waals surface area contributed by atoms with Crippen LogP contribution in [0.15, 0.2) is 59.1 Å². The molecule has 3 nitrogen and oxygen atoms in total. The van der Waals surface area contributed by atoms with Gasteiger partial charge in [0.15, 0.2) is 0 Å². The van der Waals surface area contributed by atoms with Gasteiger partial charge in [0.25, 0.3) is 0 Å². The van der Waals surface area contributed by atoms with Gasteiger partial charge in [-0.2, -0.15) is 0 Å². The van der Waals surface area contributed by atoms with Gasteiger partial charge in [0.2, 0.25) is 0 Å². The summed E-state index contributed by atoms with van der Waals surface area (Å²) in [5.41, 5.74) is 2.99. The smallest absolute Gasteiger partial charge is 0.328 e. The maximum Gasteiger partial charge on any atom is 0.328 e. The highest BCUT2D eigenvalue weighted by molar-refractivity contribution is 9.10. The molecule has 0 amide bonds. The molecule has 2 aromatic carbocycles. The van der Waals surface area contributed by atoms with E-state index < -0.39 is 5.97 Å². The van der Waals surface area contributed by atoms with E-state index >= 15 is 0 Å². The number of carboxylic acids is 1. The number of hydrogen-bond acceptors (Lipinski definition) is 2. The van der Waals surface area contributed by atoms with Crippen LogP contribution < -0.4 is 5.32 Å². The molecule has 1 unspecified atom stereocenters. The highest BCUT2D eigenvalue weighted by Gasteiger charge is 2.05. The van der Waals surface area contributed by atoms with E-state index in [0.29, 0.717) is 0 Å². The molecule has 4 heteroatoms. The molecule has 2 rings (SSSR count). The summed E-state index contributed by atoms with van der Waals surface area (Å²) in [6.45, 7) is 2.09. The molecule has 0 fully saturated rings. The summed E-state index contributed by atoms with van der Waals surface area (Å²) in [6, 6.07) is 16.0. The van der Waals surface area contributed by atoms with Crippen LogP contribution in [0.3, 0.4) is 0 Å². The third-order valence-corrected chi connectivity index (χ3v) is 3.59. The third-order valence-electron chi connectivity index (χ3n) is 3.06. The van der Waals surface area contributed by atoms with Gasteiger partial charge in [0, 0.05) is 22.3 Å². The highest BCUT2D eigenvalue weighted by Crippen LogP contribution is 2.22. The second kappa shape index (κ2) is 7.09. The third kappa shape index (κ3) is 4.76. The van der Waals surface area contributed by atoms with Crippen molar-refractivity contribution in [3.05, 3.63) is 70.2 Å². The number of carboxylic acid groups (broad SMARTS) is 1. The molecular formula is C17H16BrNO2. The van der Waals surface area contributed by atoms with Gasteiger partial charge in [0.05, 0.1) is 0 Å². The van der Waals surface area contributed by atoms with Gasteiger partial charge < -0.3 is 10.4 Å². The number of rotatable bonds is 5. The van der Waals surface area contributed by atoms with E-state index in [4.69, 9.17) is 5.11 Å². The van der Waals surface area contributed by atoms with Crippen molar-refractivity contribution in [1.82, 2.24) is 0 Å². The number of anilines is 1. The molecule has 2 N–H and O–H groups in total. The summed E-state index contributed by atoms with van der Waals surface area (Å²) < 4.78 is 1.05. The number of halogens is 1. The first-order valence-electron chi connectivity index (χ1n) is 6.57. The van der Waals surface area contributed by atoms with Crippen molar-refractivity contribution >= 4 is 33.7 Å². The maximum atomic E-state index is 10.5. The second-order valence-corrected chi connectivity index (χ2v) is 5.63. The lowest BCUT2D eigenvalue weighted by atomic mass is 10.1. The number of nitrogens with one attached hydrogen (secondary N) is 1. The zero-order valence-corrected chi connectivity index (χ0v) is 13.2. The number of benzene rings is 2. The molecule has 0 aliphatic heterocycles. The largest absolute Gasteiger partial charge is 0.478 e. The zero-order valence-electron chi connectivity index (χ0n) is 11.6. The van der Waals surface area contributed by atoms with Crippen molar-refractivity contribution in [3.63, 3.8) is 0 Å². The van der Waals surface area contributed by atoms with Crippen molar-refractivity contribution in [2.75, 3.05) is 5.32 Å². The van der Waals surface area contributed by atoms with E-state index in [1.165, 1.54) is 5.56 Å². The van der Waals surface area contributed by atoms with E-state index in [0.717, 1.165) is 21.8 Å². The molecule has 2 aromatic rings. The average Bonchev–Trinajstić information content (AvgIpc) is 2.46. The van der Waals surface area contributed by atoms with Crippen molar-refractivity contribution in [2.45, 2.75) is 13.0 Å². The molecule has 0 aliphatic rings. The highest BCUT2D eigenvalue weighted by atomic mass is 79.9. The van der Waals surface area contributed by atoms with E-state index in [1.54, 1.807) is 6.08 Å². The average molecular weight is 346 g/mol. The number of hydrogen-bond donors (Lipinski definition) is 2. The Morgan fingerprint density at radius 2 is 1.95 bits per heavy atom. The van der Waals surface area contributed by atoms with Crippen LogP contribution >= 0.6 is 15.9 Å². The van der Waals surface area contributed by atoms with E-state index in [9.17, 15) is 4.79 Å². The first kappa shape index (κ1) is 15.3. The standard InChI is InChI=1S/C17H16BrNO2/c1-12(14-6-8-15(18)9-7-14)19-16-4-2-3-13(11-16)5-10-17(20)21/h2-12,19H,1H3,(H,20,21)/b10-5+. The van der Waals surface area contributed by atoms with Gasteiger partial charge in [-0.05, 0) is 48.4 Å². The molecule has 1 atom stereocenters. The summed E-state index contributed by atoms with van der Waals surface area (Å²) in [4.78, 5) is 10.5. The fourth-order valence-corrected chi connectivity index (χ4v) is 2.25. The Kier molecular flexibility index (Phi) is 5.17. The van der Waals surface area contributed by atoms with Crippen LogP contribution in [0.4, 0.5) is 5.69 Å². The second-order valence-electron chi connectivity index (χ2n) is 4.71. The first-order chi connectivity index (χ1) is 10.0. The molecule has 0 aliphatic carbocycles. The van der Waals surface area contributed by atoms with E-state index in [1.807, 2.05) is 36.4 Å². The lowest BCUT2D eigenvalue weighted by Gasteiger charge is -2.16. The minimum absolute atomic E-state index is 0.164. The van der Waals surface area contributed by atoms with Gasteiger partial charge in [-0.1, -0.05) is 40.2 Å². The predicted octanol–water partition coefficient (Wildman–Crippen LogP) is 4.72. The molecule has 0 radical (unpaired) electrons. The molecule has 0 aromatic heterocycles. The topological polar surface area (TPSA) is 49.3 Å². The minimum atomic E-state index is -0.948. The van der Waals surface area contributed by atoms with Gasteiger partial charge in [-0.3, -0.25) is 0 Å². The Morgan fingerprint density at radius 3 is 2.62 bits per heavy atom. The fraction of sp³-hybridized carbons (Fsp3) is 0.118. The van der Waals surface area contributed by atoms with Gasteiger partial charge >= 0.3 is 5.97 Å². The van der Waals surface area contributed by atoms with Crippen LogP contribution in [0.5, 0.6) is 0 Å². The van der Waals surface area contributed by atoms with Crippen molar-refractivity contribution in [1.29, 1.82) is 0 Å². The lowest BCUT2D eigenvalue weighted by Crippen LogP contribution is -2.06. The molecule has 108 valence electrons. The molecule has 0 saturated heterocycles. The van der Waals surface area contributed by atoms with E-state index in [-0.39, 0.29) is 6.04 Å². The summed E-state index contributed by atoms with van der Waals surface area (Å²) in [5, 5.41) is 12.1. The van der Waals surface area contributed by atoms with Crippen LogP contribution in [0.1, 0.15) is 24.1 Å². The summed E-state index contributed by atoms with van der Waals surface area (Å²) in [5.74, 6) is -0.948. The Labute approximate surface area is 132 Å². The van der Waals surface area contributed by atoms with Crippen molar-refractivity contribution < 1.29 is 9.90 Å². The Balaban J connectivity index is 2.10. The van der Waals surface area contributed by atoms with Crippen LogP contribution in [-0.4, -0.2) is 11.1 Å². The summed E-state index contributed by atoms with van der Waals surface area (Å²) in [7, 11) is 0. The Morgan fingerprint density at radius 1 is 1.24 bits per heavy atom. The zero-order chi connectivity index (χ0) is 15.2.